The number of carboxylic acid groups (broad SMARTS) is 1. The molecule has 0 aliphatic heterocycles. The molecule has 1 N–H and O–H groups in total. The van der Waals surface area contributed by atoms with Crippen molar-refractivity contribution in [3.63, 3.8) is 0 Å². The third kappa shape index (κ3) is 2.80. The van der Waals surface area contributed by atoms with Crippen LogP contribution in [0.15, 0.2) is 18.2 Å². The van der Waals surface area contributed by atoms with E-state index in [0.29, 0.717) is 22.1 Å². The largest absolute Gasteiger partial charge is 0.477 e. The van der Waals surface area contributed by atoms with E-state index in [0.717, 1.165) is 23.5 Å². The van der Waals surface area contributed by atoms with Crippen LogP contribution in [-0.4, -0.2) is 11.1 Å². The molecule has 0 saturated carbocycles. The minimum atomic E-state index is -4.42. The first kappa shape index (κ1) is 14.8. The maximum atomic E-state index is 12.7. The molecule has 0 saturated heterocycles. The van der Waals surface area contributed by atoms with Crippen LogP contribution in [0.2, 0.25) is 0 Å². The van der Waals surface area contributed by atoms with Gasteiger partial charge in [0.15, 0.2) is 0 Å². The zero-order chi connectivity index (χ0) is 15.1. The van der Waals surface area contributed by atoms with E-state index in [-0.39, 0.29) is 10.8 Å². The van der Waals surface area contributed by atoms with Crippen LogP contribution in [-0.2, 0) is 12.6 Å². The Hall–Kier alpha value is -1.56. The van der Waals surface area contributed by atoms with E-state index in [1.165, 1.54) is 6.07 Å². The molecular formula is C14H13F3O2S. The summed E-state index contributed by atoms with van der Waals surface area (Å²) in [4.78, 5) is 11.4. The molecule has 0 fully saturated rings. The number of carbonyl (C=O) groups is 1. The second kappa shape index (κ2) is 5.09. The second-order valence-electron chi connectivity index (χ2n) is 5.02. The molecule has 1 aromatic carbocycles. The van der Waals surface area contributed by atoms with Crippen molar-refractivity contribution < 1.29 is 23.1 Å². The van der Waals surface area contributed by atoms with Crippen molar-refractivity contribution in [2.45, 2.75) is 26.4 Å². The van der Waals surface area contributed by atoms with Crippen LogP contribution in [0.1, 0.15) is 34.6 Å². The Labute approximate surface area is 117 Å². The smallest absolute Gasteiger partial charge is 0.416 e. The summed E-state index contributed by atoms with van der Waals surface area (Å²) in [6.45, 7) is 3.89. The van der Waals surface area contributed by atoms with Crippen molar-refractivity contribution >= 4 is 27.4 Å². The number of benzene rings is 1. The van der Waals surface area contributed by atoms with Crippen LogP contribution in [0.25, 0.3) is 10.1 Å². The van der Waals surface area contributed by atoms with Crippen molar-refractivity contribution in [1.29, 1.82) is 0 Å². The lowest BCUT2D eigenvalue weighted by molar-refractivity contribution is -0.137. The van der Waals surface area contributed by atoms with E-state index in [1.54, 1.807) is 0 Å². The van der Waals surface area contributed by atoms with Crippen molar-refractivity contribution in [3.8, 4) is 0 Å². The number of carboxylic acids is 1. The normalized spacial score (nSPS) is 12.3. The average Bonchev–Trinajstić information content (AvgIpc) is 2.65. The second-order valence-corrected chi connectivity index (χ2v) is 6.07. The molecule has 108 valence electrons. The fourth-order valence-corrected chi connectivity index (χ4v) is 3.22. The maximum Gasteiger partial charge on any atom is 0.416 e. The van der Waals surface area contributed by atoms with Crippen LogP contribution in [0, 0.1) is 5.92 Å². The lowest BCUT2D eigenvalue weighted by atomic mass is 9.99. The van der Waals surface area contributed by atoms with Crippen LogP contribution in [0.4, 0.5) is 13.2 Å². The fourth-order valence-electron chi connectivity index (χ4n) is 2.11. The molecule has 0 aliphatic rings. The first-order valence-electron chi connectivity index (χ1n) is 6.06. The van der Waals surface area contributed by atoms with E-state index in [1.807, 2.05) is 13.8 Å². The van der Waals surface area contributed by atoms with Crippen molar-refractivity contribution in [2.75, 3.05) is 0 Å². The number of halogens is 3. The monoisotopic (exact) mass is 302 g/mol. The molecule has 0 amide bonds. The minimum absolute atomic E-state index is 0.132. The topological polar surface area (TPSA) is 37.3 Å². The van der Waals surface area contributed by atoms with Gasteiger partial charge in [-0.2, -0.15) is 13.2 Å². The summed E-state index contributed by atoms with van der Waals surface area (Å²) < 4.78 is 38.4. The minimum Gasteiger partial charge on any atom is -0.477 e. The van der Waals surface area contributed by atoms with Gasteiger partial charge in [0.05, 0.1) is 5.56 Å². The summed E-state index contributed by atoms with van der Waals surface area (Å²) in [6.07, 6.45) is -3.88. The van der Waals surface area contributed by atoms with Gasteiger partial charge in [-0.05, 0) is 35.4 Å². The predicted octanol–water partition coefficient (Wildman–Crippen LogP) is 4.82. The van der Waals surface area contributed by atoms with Gasteiger partial charge in [-0.1, -0.05) is 19.9 Å². The molecule has 0 atom stereocenters. The lowest BCUT2D eigenvalue weighted by Gasteiger charge is -2.07. The first-order valence-corrected chi connectivity index (χ1v) is 6.87. The van der Waals surface area contributed by atoms with Crippen molar-refractivity contribution in [1.82, 2.24) is 0 Å². The summed E-state index contributed by atoms with van der Waals surface area (Å²) >= 11 is 0.905. The van der Waals surface area contributed by atoms with Gasteiger partial charge >= 0.3 is 12.1 Å². The molecular weight excluding hydrogens is 289 g/mol. The molecule has 1 aromatic heterocycles. The first-order chi connectivity index (χ1) is 9.20. The van der Waals surface area contributed by atoms with Crippen molar-refractivity contribution in [2.24, 2.45) is 5.92 Å². The third-order valence-electron chi connectivity index (χ3n) is 2.93. The molecule has 1 heterocycles. The Morgan fingerprint density at radius 1 is 1.35 bits per heavy atom. The van der Waals surface area contributed by atoms with Gasteiger partial charge < -0.3 is 5.11 Å². The van der Waals surface area contributed by atoms with E-state index in [4.69, 9.17) is 0 Å². The van der Waals surface area contributed by atoms with E-state index >= 15 is 0 Å². The molecule has 0 unspecified atom stereocenters. The zero-order valence-corrected chi connectivity index (χ0v) is 11.7. The average molecular weight is 302 g/mol. The van der Waals surface area contributed by atoms with Gasteiger partial charge in [0, 0.05) is 4.70 Å². The quantitative estimate of drug-likeness (QED) is 0.883. The predicted molar refractivity (Wildman–Crippen MR) is 72.3 cm³/mol. The van der Waals surface area contributed by atoms with Gasteiger partial charge in [-0.15, -0.1) is 11.3 Å². The van der Waals surface area contributed by atoms with Gasteiger partial charge in [0.1, 0.15) is 4.88 Å². The highest BCUT2D eigenvalue weighted by Crippen LogP contribution is 2.37. The van der Waals surface area contributed by atoms with Crippen molar-refractivity contribution in [3.05, 3.63) is 34.2 Å². The maximum absolute atomic E-state index is 12.7. The molecule has 0 aliphatic carbocycles. The number of thiophene rings is 1. The SMILES string of the molecule is CC(C)Cc1c(C(=O)O)sc2cc(C(F)(F)F)ccc12. The Kier molecular flexibility index (Phi) is 3.77. The Morgan fingerprint density at radius 3 is 2.50 bits per heavy atom. The van der Waals surface area contributed by atoms with Crippen LogP contribution in [0.5, 0.6) is 0 Å². The van der Waals surface area contributed by atoms with Gasteiger partial charge in [0.2, 0.25) is 0 Å². The Bertz CT molecular complexity index is 656. The molecule has 6 heteroatoms. The fraction of sp³-hybridized carbons (Fsp3) is 0.357. The van der Waals surface area contributed by atoms with E-state index in [2.05, 4.69) is 0 Å². The van der Waals surface area contributed by atoms with Gasteiger partial charge in [0.25, 0.3) is 0 Å². The number of hydrogen-bond acceptors (Lipinski definition) is 2. The van der Waals surface area contributed by atoms with E-state index < -0.39 is 17.7 Å². The number of fused-ring (bicyclic) bond motifs is 1. The van der Waals surface area contributed by atoms with E-state index in [9.17, 15) is 23.1 Å². The van der Waals surface area contributed by atoms with Crippen LogP contribution in [0.3, 0.4) is 0 Å². The standard InChI is InChI=1S/C14H13F3O2S/c1-7(2)5-10-9-4-3-8(14(15,16)17)6-11(9)20-12(10)13(18)19/h3-4,6-7H,5H2,1-2H3,(H,18,19). The zero-order valence-electron chi connectivity index (χ0n) is 10.9. The van der Waals surface area contributed by atoms with Crippen LogP contribution < -0.4 is 0 Å². The Balaban J connectivity index is 2.65. The highest BCUT2D eigenvalue weighted by atomic mass is 32.1. The lowest BCUT2D eigenvalue weighted by Crippen LogP contribution is -2.04. The molecule has 2 nitrogen and oxygen atoms in total. The number of hydrogen-bond donors (Lipinski definition) is 1. The summed E-state index contributed by atoms with van der Waals surface area (Å²) in [5.74, 6) is -0.858. The third-order valence-corrected chi connectivity index (χ3v) is 4.11. The number of alkyl halides is 3. The molecule has 0 spiro atoms. The number of aromatic carboxylic acids is 1. The van der Waals surface area contributed by atoms with Crippen LogP contribution >= 0.6 is 11.3 Å². The molecule has 20 heavy (non-hydrogen) atoms. The summed E-state index contributed by atoms with van der Waals surface area (Å²) in [7, 11) is 0. The highest BCUT2D eigenvalue weighted by molar-refractivity contribution is 7.21. The molecule has 2 rings (SSSR count). The molecule has 0 radical (unpaired) electrons. The van der Waals surface area contributed by atoms with Gasteiger partial charge in [-0.3, -0.25) is 0 Å². The summed E-state index contributed by atoms with van der Waals surface area (Å²) in [5.41, 5.74) is -0.125. The molecule has 2 aromatic rings. The molecule has 0 bridgehead atoms. The summed E-state index contributed by atoms with van der Waals surface area (Å²) in [6, 6.07) is 3.40. The summed E-state index contributed by atoms with van der Waals surface area (Å²) in [5, 5.41) is 9.80. The highest BCUT2D eigenvalue weighted by Gasteiger charge is 2.31. The van der Waals surface area contributed by atoms with Gasteiger partial charge in [-0.25, -0.2) is 4.79 Å². The number of rotatable bonds is 3. The Morgan fingerprint density at radius 2 is 2.00 bits per heavy atom.